The van der Waals surface area contributed by atoms with Crippen molar-refractivity contribution in [3.8, 4) is 0 Å². The van der Waals surface area contributed by atoms with Crippen molar-refractivity contribution in [2.45, 2.75) is 83.6 Å². The van der Waals surface area contributed by atoms with E-state index in [-0.39, 0.29) is 11.9 Å². The van der Waals surface area contributed by atoms with Gasteiger partial charge in [0.15, 0.2) is 0 Å². The number of likely N-dealkylation sites (N-methyl/N-ethyl adjacent to an activating group) is 1. The van der Waals surface area contributed by atoms with Gasteiger partial charge in [-0.05, 0) is 77.6 Å². The fourth-order valence-corrected chi connectivity index (χ4v) is 5.87. The third-order valence-electron chi connectivity index (χ3n) is 6.59. The predicted molar refractivity (Wildman–Crippen MR) is 185 cm³/mol. The molecule has 1 fully saturated rings. The van der Waals surface area contributed by atoms with E-state index in [0.29, 0.717) is 25.2 Å². The summed E-state index contributed by atoms with van der Waals surface area (Å²) in [6, 6.07) is 6.72. The van der Waals surface area contributed by atoms with Crippen LogP contribution in [0.1, 0.15) is 81.7 Å². The molecule has 2 amide bonds. The molecule has 3 rings (SSSR count). The highest BCUT2D eigenvalue weighted by Gasteiger charge is 2.21. The number of aryl methyl sites for hydroxylation is 1. The van der Waals surface area contributed by atoms with Gasteiger partial charge in [-0.15, -0.1) is 11.3 Å². The Hall–Kier alpha value is -2.66. The Morgan fingerprint density at radius 1 is 1.14 bits per heavy atom. The highest BCUT2D eigenvalue weighted by molar-refractivity contribution is 7.18. The maximum absolute atomic E-state index is 12.9. The highest BCUT2D eigenvalue weighted by atomic mass is 32.1. The molecule has 1 aromatic heterocycles. The number of nitrogens with one attached hydrogen (secondary N) is 3. The van der Waals surface area contributed by atoms with Gasteiger partial charge < -0.3 is 31.4 Å². The lowest BCUT2D eigenvalue weighted by atomic mass is 9.83. The molecule has 10 heteroatoms. The minimum absolute atomic E-state index is 0.144. The van der Waals surface area contributed by atoms with Crippen molar-refractivity contribution in [2.24, 2.45) is 11.7 Å². The van der Waals surface area contributed by atoms with Crippen LogP contribution in [0.15, 0.2) is 30.4 Å². The lowest BCUT2D eigenvalue weighted by Gasteiger charge is -2.28. The van der Waals surface area contributed by atoms with Crippen molar-refractivity contribution in [1.82, 2.24) is 25.8 Å². The van der Waals surface area contributed by atoms with Crippen molar-refractivity contribution in [3.05, 3.63) is 40.9 Å². The van der Waals surface area contributed by atoms with E-state index in [2.05, 4.69) is 79.3 Å². The summed E-state index contributed by atoms with van der Waals surface area (Å²) in [5.74, 6) is 1.39. The van der Waals surface area contributed by atoms with Crippen molar-refractivity contribution in [3.63, 3.8) is 0 Å². The van der Waals surface area contributed by atoms with E-state index in [1.165, 1.54) is 55.0 Å². The van der Waals surface area contributed by atoms with Gasteiger partial charge in [0.2, 0.25) is 12.3 Å². The normalized spacial score (nSPS) is 13.1. The second kappa shape index (κ2) is 26.9. The van der Waals surface area contributed by atoms with Crippen LogP contribution in [0.2, 0.25) is 0 Å². The largest absolute Gasteiger partial charge is 0.362 e. The van der Waals surface area contributed by atoms with Crippen LogP contribution in [0.4, 0.5) is 0 Å². The van der Waals surface area contributed by atoms with Crippen LogP contribution < -0.4 is 21.7 Å². The lowest BCUT2D eigenvalue weighted by molar-refractivity contribution is -0.122. The fourth-order valence-electron chi connectivity index (χ4n) is 4.85. The van der Waals surface area contributed by atoms with Gasteiger partial charge in [0.25, 0.3) is 0 Å². The molecule has 1 aliphatic rings. The van der Waals surface area contributed by atoms with Crippen LogP contribution in [-0.4, -0.2) is 83.9 Å². The van der Waals surface area contributed by atoms with Gasteiger partial charge in [0.05, 0.1) is 15.2 Å². The number of carbonyl (C=O) groups is 3. The van der Waals surface area contributed by atoms with Crippen molar-refractivity contribution < 1.29 is 14.4 Å². The Labute approximate surface area is 265 Å². The van der Waals surface area contributed by atoms with Crippen LogP contribution in [0.3, 0.4) is 0 Å². The number of carbonyl (C=O) groups excluding carboxylic acids is 3. The van der Waals surface area contributed by atoms with Crippen LogP contribution in [0, 0.1) is 5.92 Å². The number of fused-ring (bicyclic) bond motifs is 1. The molecular formula is C33H60N6O3S. The van der Waals surface area contributed by atoms with E-state index in [0.717, 1.165) is 35.8 Å². The summed E-state index contributed by atoms with van der Waals surface area (Å²) in [5, 5.41) is 9.41. The highest BCUT2D eigenvalue weighted by Crippen LogP contribution is 2.29. The average Bonchev–Trinajstić information content (AvgIpc) is 3.41. The third kappa shape index (κ3) is 20.0. The van der Waals surface area contributed by atoms with Gasteiger partial charge in [-0.2, -0.15) is 0 Å². The molecule has 9 nitrogen and oxygen atoms in total. The van der Waals surface area contributed by atoms with Crippen LogP contribution in [0.5, 0.6) is 0 Å². The number of benzene rings is 1. The quantitative estimate of drug-likeness (QED) is 0.196. The molecule has 0 saturated heterocycles. The number of nitrogens with zero attached hydrogens (tertiary/aromatic N) is 2. The summed E-state index contributed by atoms with van der Waals surface area (Å²) in [4.78, 5) is 36.8. The first-order valence-corrected chi connectivity index (χ1v) is 16.0. The molecule has 0 bridgehead atoms. The summed E-state index contributed by atoms with van der Waals surface area (Å²) in [6.07, 6.45) is 10.4. The van der Waals surface area contributed by atoms with Gasteiger partial charge in [-0.1, -0.05) is 64.2 Å². The zero-order chi connectivity index (χ0) is 33.2. The molecule has 0 radical (unpaired) electrons. The summed E-state index contributed by atoms with van der Waals surface area (Å²) in [5.41, 5.74) is 8.09. The number of rotatable bonds is 12. The minimum atomic E-state index is 0.144. The van der Waals surface area contributed by atoms with Crippen molar-refractivity contribution in [2.75, 3.05) is 48.8 Å². The number of aromatic nitrogens is 1. The molecule has 246 valence electrons. The van der Waals surface area contributed by atoms with Crippen LogP contribution in [0.25, 0.3) is 10.2 Å². The number of hydrogen-bond acceptors (Lipinski definition) is 8. The topological polar surface area (TPSA) is 129 Å². The molecule has 5 N–H and O–H groups in total. The Morgan fingerprint density at radius 2 is 1.72 bits per heavy atom. The standard InChI is InChI=1S/C27H41N3OS.C2H5NO.C2H7N.CH5N.CH2O/c1-19(2)22-11-12-24-25(17-22)32-27(29-24)14-13-26(31)28-23(15-20(3)18-30(4)5)16-21-9-7-6-8-10-21;1-3-2-4;1-3-2;2*1-2/h11-12,17,19,21,23H,3,6-10,13-16,18H2,1-2,4-5H3,(H,28,31);2H,1H3,(H,3,4);3H,1-2H3;2H2,1H3;1H2. The molecule has 0 spiro atoms. The molecule has 1 aliphatic carbocycles. The maximum atomic E-state index is 12.9. The Morgan fingerprint density at radius 3 is 2.23 bits per heavy atom. The summed E-state index contributed by atoms with van der Waals surface area (Å²) in [6.45, 7) is 11.6. The van der Waals surface area contributed by atoms with E-state index >= 15 is 0 Å². The second-order valence-electron chi connectivity index (χ2n) is 11.1. The Kier molecular flexibility index (Phi) is 26.6. The lowest BCUT2D eigenvalue weighted by Crippen LogP contribution is -2.37. The van der Waals surface area contributed by atoms with E-state index < -0.39 is 0 Å². The van der Waals surface area contributed by atoms with E-state index in [1.54, 1.807) is 18.4 Å². The molecule has 0 aliphatic heterocycles. The molecule has 1 aromatic carbocycles. The zero-order valence-electron chi connectivity index (χ0n) is 28.1. The van der Waals surface area contributed by atoms with E-state index in [4.69, 9.17) is 14.6 Å². The summed E-state index contributed by atoms with van der Waals surface area (Å²) >= 11 is 1.72. The summed E-state index contributed by atoms with van der Waals surface area (Å²) in [7, 11) is 11.0. The van der Waals surface area contributed by atoms with Gasteiger partial charge >= 0.3 is 0 Å². The number of thiazole rings is 1. The van der Waals surface area contributed by atoms with Crippen LogP contribution in [-0.2, 0) is 20.8 Å². The number of nitrogens with two attached hydrogens (primary N) is 1. The first-order chi connectivity index (χ1) is 20.6. The Bertz CT molecular complexity index is 1010. The average molecular weight is 621 g/mol. The van der Waals surface area contributed by atoms with Crippen LogP contribution >= 0.6 is 11.3 Å². The van der Waals surface area contributed by atoms with Crippen molar-refractivity contribution in [1.29, 1.82) is 0 Å². The molecular weight excluding hydrogens is 560 g/mol. The molecule has 1 heterocycles. The SMILES string of the molecule is C=C(CC(CC1CCCCC1)NC(=O)CCc1nc2ccc(C(C)C)cc2s1)CN(C)C.C=O.CN.CNC.CNC=O. The van der Waals surface area contributed by atoms with E-state index in [1.807, 2.05) is 20.9 Å². The molecule has 1 saturated carbocycles. The monoisotopic (exact) mass is 620 g/mol. The van der Waals surface area contributed by atoms with Crippen molar-refractivity contribution >= 4 is 40.7 Å². The fraction of sp³-hybridized carbons (Fsp3) is 0.636. The van der Waals surface area contributed by atoms with E-state index in [9.17, 15) is 4.79 Å². The molecule has 2 aromatic rings. The first kappa shape index (κ1) is 42.5. The molecule has 43 heavy (non-hydrogen) atoms. The van der Waals surface area contributed by atoms with Gasteiger partial charge in [-0.25, -0.2) is 4.98 Å². The Balaban J connectivity index is 0. The maximum Gasteiger partial charge on any atom is 0.220 e. The number of hydrogen-bond donors (Lipinski definition) is 4. The molecule has 1 atom stereocenters. The molecule has 1 unspecified atom stereocenters. The van der Waals surface area contributed by atoms with Gasteiger partial charge in [0, 0.05) is 32.5 Å². The third-order valence-corrected chi connectivity index (χ3v) is 7.67. The smallest absolute Gasteiger partial charge is 0.220 e. The first-order valence-electron chi connectivity index (χ1n) is 15.2. The minimum Gasteiger partial charge on any atom is -0.362 e. The van der Waals surface area contributed by atoms with Gasteiger partial charge in [0.1, 0.15) is 6.79 Å². The predicted octanol–water partition coefficient (Wildman–Crippen LogP) is 4.90. The van der Waals surface area contributed by atoms with Gasteiger partial charge in [-0.3, -0.25) is 9.59 Å². The zero-order valence-corrected chi connectivity index (χ0v) is 28.9. The number of amides is 2. The summed E-state index contributed by atoms with van der Waals surface area (Å²) < 4.78 is 1.22. The second-order valence-corrected chi connectivity index (χ2v) is 12.2.